The van der Waals surface area contributed by atoms with Crippen LogP contribution in [0.3, 0.4) is 0 Å². The summed E-state index contributed by atoms with van der Waals surface area (Å²) in [5, 5.41) is 0.702. The van der Waals surface area contributed by atoms with Crippen LogP contribution in [0, 0.1) is 0 Å². The number of carbonyl (C=O) groups excluding carboxylic acids is 2. The average molecular weight is 469 g/mol. The molecule has 1 aliphatic rings. The lowest BCUT2D eigenvalue weighted by Gasteiger charge is -2.33. The third-order valence-electron chi connectivity index (χ3n) is 5.62. The maximum atomic E-state index is 13.2. The van der Waals surface area contributed by atoms with Gasteiger partial charge in [-0.3, -0.25) is 9.59 Å². The molecule has 33 heavy (non-hydrogen) atoms. The number of sulfonamides is 1. The topological polar surface area (TPSA) is 133 Å². The van der Waals surface area contributed by atoms with Gasteiger partial charge in [0.25, 0.3) is 0 Å². The highest BCUT2D eigenvalue weighted by atomic mass is 32.2. The predicted molar refractivity (Wildman–Crippen MR) is 122 cm³/mol. The summed E-state index contributed by atoms with van der Waals surface area (Å²) in [4.78, 5) is 33.0. The molecule has 4 rings (SSSR count). The standard InChI is InChI=1S/C23H24N4O5S/c1-15(28)16-9-11-17(12-10-16)33(30,31)27-13-5-4-8-20(27)23(29)32-14-21-25-19-7-3-2-6-18(19)22(24)26-21/h2-3,6-7,9-12,20H,4-5,8,13-14H2,1H3,(H2,24,25,26). The quantitative estimate of drug-likeness (QED) is 0.431. The Kier molecular flexibility index (Phi) is 6.39. The first-order chi connectivity index (χ1) is 15.8. The van der Waals surface area contributed by atoms with Crippen molar-refractivity contribution in [2.75, 3.05) is 12.3 Å². The third kappa shape index (κ3) is 4.71. The first kappa shape index (κ1) is 22.8. The van der Waals surface area contributed by atoms with Crippen molar-refractivity contribution in [2.24, 2.45) is 0 Å². The lowest BCUT2D eigenvalue weighted by Crippen LogP contribution is -2.48. The SMILES string of the molecule is CC(=O)c1ccc(S(=O)(=O)N2CCCCC2C(=O)OCc2nc(N)c3ccccc3n2)cc1. The number of nitrogens with zero attached hydrogens (tertiary/aromatic N) is 3. The minimum absolute atomic E-state index is 0.0258. The highest BCUT2D eigenvalue weighted by molar-refractivity contribution is 7.89. The second-order valence-electron chi connectivity index (χ2n) is 7.86. The van der Waals surface area contributed by atoms with Gasteiger partial charge in [-0.1, -0.05) is 24.3 Å². The van der Waals surface area contributed by atoms with Crippen LogP contribution in [-0.4, -0.2) is 47.0 Å². The number of hydrogen-bond acceptors (Lipinski definition) is 8. The number of Topliss-reactive ketones (excluding diaryl/α,β-unsaturated/α-hetero) is 1. The van der Waals surface area contributed by atoms with Crippen LogP contribution >= 0.6 is 0 Å². The Morgan fingerprint density at radius 2 is 1.82 bits per heavy atom. The van der Waals surface area contributed by atoms with E-state index in [1.54, 1.807) is 12.1 Å². The normalized spacial score (nSPS) is 17.1. The molecule has 0 saturated carbocycles. The molecule has 2 aromatic carbocycles. The first-order valence-corrected chi connectivity index (χ1v) is 12.0. The molecule has 1 fully saturated rings. The largest absolute Gasteiger partial charge is 0.456 e. The fraction of sp³-hybridized carbons (Fsp3) is 0.304. The second kappa shape index (κ2) is 9.24. The number of aromatic nitrogens is 2. The molecule has 0 bridgehead atoms. The molecule has 2 N–H and O–H groups in total. The van der Waals surface area contributed by atoms with E-state index in [1.165, 1.54) is 35.5 Å². The number of nitrogens with two attached hydrogens (primary N) is 1. The molecule has 172 valence electrons. The summed E-state index contributed by atoms with van der Waals surface area (Å²) < 4.78 is 33.1. The summed E-state index contributed by atoms with van der Waals surface area (Å²) in [6.07, 6.45) is 1.69. The summed E-state index contributed by atoms with van der Waals surface area (Å²) in [5.74, 6) is -0.295. The van der Waals surface area contributed by atoms with Crippen LogP contribution < -0.4 is 5.73 Å². The predicted octanol–water partition coefficient (Wildman–Crippen LogP) is 2.70. The average Bonchev–Trinajstić information content (AvgIpc) is 2.82. The summed E-state index contributed by atoms with van der Waals surface area (Å²) in [7, 11) is -3.95. The molecule has 3 aromatic rings. The number of rotatable bonds is 6. The Balaban J connectivity index is 1.52. The van der Waals surface area contributed by atoms with Crippen LogP contribution in [0.25, 0.3) is 10.9 Å². The van der Waals surface area contributed by atoms with E-state index in [2.05, 4.69) is 9.97 Å². The monoisotopic (exact) mass is 468 g/mol. The lowest BCUT2D eigenvalue weighted by molar-refractivity contribution is -0.150. The van der Waals surface area contributed by atoms with Gasteiger partial charge in [0.05, 0.1) is 10.4 Å². The zero-order valence-corrected chi connectivity index (χ0v) is 18.9. The zero-order valence-electron chi connectivity index (χ0n) is 18.1. The number of benzene rings is 2. The zero-order chi connectivity index (χ0) is 23.6. The van der Waals surface area contributed by atoms with Crippen molar-refractivity contribution in [2.45, 2.75) is 43.7 Å². The van der Waals surface area contributed by atoms with Crippen LogP contribution in [0.4, 0.5) is 5.82 Å². The Labute approximate surface area is 191 Å². The smallest absolute Gasteiger partial charge is 0.324 e. The number of carbonyl (C=O) groups is 2. The number of para-hydroxylation sites is 1. The van der Waals surface area contributed by atoms with Gasteiger partial charge in [-0.15, -0.1) is 0 Å². The summed E-state index contributed by atoms with van der Waals surface area (Å²) in [6.45, 7) is 1.40. The van der Waals surface area contributed by atoms with Gasteiger partial charge >= 0.3 is 5.97 Å². The van der Waals surface area contributed by atoms with Gasteiger partial charge in [0.2, 0.25) is 10.0 Å². The van der Waals surface area contributed by atoms with Crippen LogP contribution in [0.1, 0.15) is 42.4 Å². The molecule has 1 aliphatic heterocycles. The minimum atomic E-state index is -3.95. The Hall–Kier alpha value is -3.37. The van der Waals surface area contributed by atoms with E-state index < -0.39 is 22.0 Å². The van der Waals surface area contributed by atoms with Crippen LogP contribution in [0.15, 0.2) is 53.4 Å². The summed E-state index contributed by atoms with van der Waals surface area (Å²) in [5.41, 5.74) is 7.03. The van der Waals surface area contributed by atoms with E-state index in [-0.39, 0.29) is 35.5 Å². The van der Waals surface area contributed by atoms with Gasteiger partial charge in [0.15, 0.2) is 18.2 Å². The third-order valence-corrected chi connectivity index (χ3v) is 7.54. The van der Waals surface area contributed by atoms with Crippen molar-refractivity contribution in [3.05, 3.63) is 59.9 Å². The van der Waals surface area contributed by atoms with Crippen molar-refractivity contribution >= 4 is 38.5 Å². The molecule has 10 heteroatoms. The molecule has 0 radical (unpaired) electrons. The van der Waals surface area contributed by atoms with E-state index in [9.17, 15) is 18.0 Å². The molecule has 0 amide bonds. The molecule has 2 heterocycles. The molecule has 1 atom stereocenters. The number of piperidine rings is 1. The highest BCUT2D eigenvalue weighted by Crippen LogP contribution is 2.27. The molecular formula is C23H24N4O5S. The van der Waals surface area contributed by atoms with Gasteiger partial charge in [-0.2, -0.15) is 4.31 Å². The van der Waals surface area contributed by atoms with Crippen LogP contribution in [-0.2, 0) is 26.2 Å². The van der Waals surface area contributed by atoms with E-state index in [4.69, 9.17) is 10.5 Å². The molecule has 1 unspecified atom stereocenters. The fourth-order valence-electron chi connectivity index (χ4n) is 3.87. The molecule has 1 saturated heterocycles. The molecule has 1 aromatic heterocycles. The van der Waals surface area contributed by atoms with Crippen molar-refractivity contribution in [3.8, 4) is 0 Å². The molecule has 0 aliphatic carbocycles. The summed E-state index contributed by atoms with van der Waals surface area (Å²) >= 11 is 0. The van der Waals surface area contributed by atoms with Crippen molar-refractivity contribution in [3.63, 3.8) is 0 Å². The van der Waals surface area contributed by atoms with Gasteiger partial charge in [0.1, 0.15) is 11.9 Å². The maximum Gasteiger partial charge on any atom is 0.324 e. The van der Waals surface area contributed by atoms with E-state index in [1.807, 2.05) is 12.1 Å². The molecular weight excluding hydrogens is 444 g/mol. The maximum absolute atomic E-state index is 13.2. The molecule has 0 spiro atoms. The number of anilines is 1. The number of nitrogen functional groups attached to an aromatic ring is 1. The molecule has 9 nitrogen and oxygen atoms in total. The number of fused-ring (bicyclic) bond motifs is 1. The van der Waals surface area contributed by atoms with Gasteiger partial charge in [-0.05, 0) is 50.5 Å². The van der Waals surface area contributed by atoms with Gasteiger partial charge in [0, 0.05) is 17.5 Å². The summed E-state index contributed by atoms with van der Waals surface area (Å²) in [6, 6.07) is 12.0. The minimum Gasteiger partial charge on any atom is -0.456 e. The number of ketones is 1. The highest BCUT2D eigenvalue weighted by Gasteiger charge is 2.38. The van der Waals surface area contributed by atoms with Gasteiger partial charge in [-0.25, -0.2) is 18.4 Å². The van der Waals surface area contributed by atoms with E-state index >= 15 is 0 Å². The number of ether oxygens (including phenoxy) is 1. The van der Waals surface area contributed by atoms with E-state index in [0.29, 0.717) is 35.7 Å². The van der Waals surface area contributed by atoms with Crippen LogP contribution in [0.2, 0.25) is 0 Å². The lowest BCUT2D eigenvalue weighted by atomic mass is 10.1. The van der Waals surface area contributed by atoms with Crippen molar-refractivity contribution in [1.29, 1.82) is 0 Å². The van der Waals surface area contributed by atoms with Crippen molar-refractivity contribution < 1.29 is 22.7 Å². The van der Waals surface area contributed by atoms with Crippen molar-refractivity contribution in [1.82, 2.24) is 14.3 Å². The Morgan fingerprint density at radius 1 is 1.09 bits per heavy atom. The number of esters is 1. The number of hydrogen-bond donors (Lipinski definition) is 1. The second-order valence-corrected chi connectivity index (χ2v) is 9.75. The van der Waals surface area contributed by atoms with Gasteiger partial charge < -0.3 is 10.5 Å². The van der Waals surface area contributed by atoms with E-state index in [0.717, 1.165) is 0 Å². The van der Waals surface area contributed by atoms with Crippen LogP contribution in [0.5, 0.6) is 0 Å². The fourth-order valence-corrected chi connectivity index (χ4v) is 5.52. The Morgan fingerprint density at radius 3 is 2.55 bits per heavy atom. The first-order valence-electron chi connectivity index (χ1n) is 10.6. The Bertz CT molecular complexity index is 1310.